The lowest BCUT2D eigenvalue weighted by Gasteiger charge is -2.28. The zero-order chi connectivity index (χ0) is 19.5. The monoisotopic (exact) mass is 397 g/mol. The molecule has 0 bridgehead atoms. The predicted molar refractivity (Wildman–Crippen MR) is 103 cm³/mol. The number of carbonyl (C=O) groups excluding carboxylic acids is 2. The average Bonchev–Trinajstić information content (AvgIpc) is 3.22. The van der Waals surface area contributed by atoms with Gasteiger partial charge in [0.2, 0.25) is 0 Å². The van der Waals surface area contributed by atoms with Gasteiger partial charge in [-0.15, -0.1) is 11.8 Å². The molecule has 6 nitrogen and oxygen atoms in total. The number of rotatable bonds is 4. The third kappa shape index (κ3) is 3.63. The fourth-order valence-electron chi connectivity index (χ4n) is 2.96. The molecule has 1 aromatic heterocycles. The van der Waals surface area contributed by atoms with E-state index in [1.165, 1.54) is 41.4 Å². The van der Waals surface area contributed by atoms with E-state index in [-0.39, 0.29) is 24.0 Å². The molecule has 0 saturated carbocycles. The summed E-state index contributed by atoms with van der Waals surface area (Å²) in [5, 5.41) is 0. The lowest BCUT2D eigenvalue weighted by Crippen LogP contribution is -2.38. The summed E-state index contributed by atoms with van der Waals surface area (Å²) in [6, 6.07) is 13.3. The summed E-state index contributed by atoms with van der Waals surface area (Å²) in [7, 11) is 0. The number of carbonyl (C=O) groups is 2. The summed E-state index contributed by atoms with van der Waals surface area (Å²) in [6.45, 7) is 0.192. The van der Waals surface area contributed by atoms with Crippen LogP contribution in [0.2, 0.25) is 0 Å². The maximum atomic E-state index is 13.1. The first-order valence-electron chi connectivity index (χ1n) is 8.61. The molecule has 1 aliphatic heterocycles. The van der Waals surface area contributed by atoms with E-state index in [0.717, 1.165) is 16.3 Å². The number of benzene rings is 2. The van der Waals surface area contributed by atoms with Gasteiger partial charge in [0.1, 0.15) is 5.82 Å². The molecule has 0 radical (unpaired) electrons. The second kappa shape index (κ2) is 7.85. The normalized spacial score (nSPS) is 13.1. The van der Waals surface area contributed by atoms with Gasteiger partial charge in [0.15, 0.2) is 12.3 Å². The molecule has 0 unspecified atom stereocenters. The predicted octanol–water partition coefficient (Wildman–Crippen LogP) is 3.31. The number of aromatic nitrogens is 2. The van der Waals surface area contributed by atoms with Gasteiger partial charge in [-0.3, -0.25) is 9.36 Å². The number of para-hydroxylation sites is 1. The van der Waals surface area contributed by atoms with E-state index in [0.29, 0.717) is 12.2 Å². The maximum absolute atomic E-state index is 13.1. The SMILES string of the molecule is O=C(OCC(=O)N1CCSc2ccccc21)c1cncn1-c1ccc(F)cc1. The first-order valence-corrected chi connectivity index (χ1v) is 9.59. The van der Waals surface area contributed by atoms with Gasteiger partial charge in [-0.05, 0) is 36.4 Å². The van der Waals surface area contributed by atoms with Crippen molar-refractivity contribution in [1.29, 1.82) is 0 Å². The van der Waals surface area contributed by atoms with Crippen molar-refractivity contribution in [2.75, 3.05) is 23.8 Å². The van der Waals surface area contributed by atoms with Crippen LogP contribution in [0.25, 0.3) is 5.69 Å². The fourth-order valence-corrected chi connectivity index (χ4v) is 3.96. The molecular weight excluding hydrogens is 381 g/mol. The average molecular weight is 397 g/mol. The highest BCUT2D eigenvalue weighted by molar-refractivity contribution is 7.99. The number of nitrogens with zero attached hydrogens (tertiary/aromatic N) is 3. The van der Waals surface area contributed by atoms with Gasteiger partial charge in [0.05, 0.1) is 18.2 Å². The zero-order valence-corrected chi connectivity index (χ0v) is 15.6. The Kier molecular flexibility index (Phi) is 5.12. The molecule has 8 heteroatoms. The number of ether oxygens (including phenoxy) is 1. The van der Waals surface area contributed by atoms with E-state index in [1.807, 2.05) is 24.3 Å². The Morgan fingerprint density at radius 1 is 1.14 bits per heavy atom. The van der Waals surface area contributed by atoms with Gasteiger partial charge in [0.25, 0.3) is 5.91 Å². The minimum atomic E-state index is -0.671. The van der Waals surface area contributed by atoms with Crippen molar-refractivity contribution in [3.05, 3.63) is 72.6 Å². The van der Waals surface area contributed by atoms with Crippen LogP contribution in [0.1, 0.15) is 10.5 Å². The fraction of sp³-hybridized carbons (Fsp3) is 0.150. The number of thioether (sulfide) groups is 1. The van der Waals surface area contributed by atoms with Crippen LogP contribution in [0.4, 0.5) is 10.1 Å². The van der Waals surface area contributed by atoms with Crippen molar-refractivity contribution in [3.8, 4) is 5.69 Å². The minimum Gasteiger partial charge on any atom is -0.451 e. The van der Waals surface area contributed by atoms with E-state index in [9.17, 15) is 14.0 Å². The standard InChI is InChI=1S/C20H16FN3O3S/c21-14-5-7-15(8-6-14)24-13-22-11-17(24)20(26)27-12-19(25)23-9-10-28-18-4-2-1-3-16(18)23/h1-8,11,13H,9-10,12H2. The van der Waals surface area contributed by atoms with Crippen LogP contribution in [0.15, 0.2) is 66.0 Å². The third-order valence-corrected chi connectivity index (χ3v) is 5.35. The van der Waals surface area contributed by atoms with Crippen LogP contribution < -0.4 is 4.90 Å². The molecule has 0 spiro atoms. The molecule has 0 fully saturated rings. The molecule has 0 atom stereocenters. The van der Waals surface area contributed by atoms with Crippen LogP contribution in [0.3, 0.4) is 0 Å². The molecule has 1 aliphatic rings. The molecule has 2 heterocycles. The second-order valence-corrected chi connectivity index (χ2v) is 7.20. The van der Waals surface area contributed by atoms with Crippen molar-refractivity contribution >= 4 is 29.3 Å². The highest BCUT2D eigenvalue weighted by atomic mass is 32.2. The lowest BCUT2D eigenvalue weighted by atomic mass is 10.2. The molecule has 0 aliphatic carbocycles. The van der Waals surface area contributed by atoms with Gasteiger partial charge >= 0.3 is 5.97 Å². The Labute approximate surface area is 164 Å². The van der Waals surface area contributed by atoms with Gasteiger partial charge in [-0.25, -0.2) is 14.2 Å². The summed E-state index contributed by atoms with van der Waals surface area (Å²) in [5.41, 5.74) is 1.56. The van der Waals surface area contributed by atoms with Crippen molar-refractivity contribution < 1.29 is 18.7 Å². The minimum absolute atomic E-state index is 0.161. The highest BCUT2D eigenvalue weighted by Crippen LogP contribution is 2.34. The number of amides is 1. The summed E-state index contributed by atoms with van der Waals surface area (Å²) in [6.07, 6.45) is 2.78. The van der Waals surface area contributed by atoms with Gasteiger partial charge in [-0.1, -0.05) is 12.1 Å². The van der Waals surface area contributed by atoms with Gasteiger partial charge in [0, 0.05) is 22.9 Å². The quantitative estimate of drug-likeness (QED) is 0.632. The van der Waals surface area contributed by atoms with E-state index in [1.54, 1.807) is 16.7 Å². The number of hydrogen-bond donors (Lipinski definition) is 0. The number of esters is 1. The number of imidazole rings is 1. The molecular formula is C20H16FN3O3S. The van der Waals surface area contributed by atoms with Crippen LogP contribution in [0, 0.1) is 5.82 Å². The second-order valence-electron chi connectivity index (χ2n) is 6.06. The Hall–Kier alpha value is -3.13. The number of halogens is 1. The molecule has 0 N–H and O–H groups in total. The van der Waals surface area contributed by atoms with Crippen LogP contribution in [-0.2, 0) is 9.53 Å². The van der Waals surface area contributed by atoms with Gasteiger partial charge < -0.3 is 9.64 Å². The summed E-state index contributed by atoms with van der Waals surface area (Å²) in [5.74, 6) is -0.545. The van der Waals surface area contributed by atoms with E-state index < -0.39 is 5.97 Å². The number of hydrogen-bond acceptors (Lipinski definition) is 5. The number of anilines is 1. The Morgan fingerprint density at radius 3 is 2.75 bits per heavy atom. The molecule has 28 heavy (non-hydrogen) atoms. The molecule has 2 aromatic carbocycles. The summed E-state index contributed by atoms with van der Waals surface area (Å²) < 4.78 is 19.8. The van der Waals surface area contributed by atoms with Crippen LogP contribution >= 0.6 is 11.8 Å². The van der Waals surface area contributed by atoms with Crippen molar-refractivity contribution in [2.45, 2.75) is 4.90 Å². The van der Waals surface area contributed by atoms with Crippen molar-refractivity contribution in [1.82, 2.24) is 9.55 Å². The summed E-state index contributed by atoms with van der Waals surface area (Å²) in [4.78, 5) is 31.7. The number of fused-ring (bicyclic) bond motifs is 1. The topological polar surface area (TPSA) is 64.4 Å². The van der Waals surface area contributed by atoms with Crippen LogP contribution in [-0.4, -0.2) is 40.3 Å². The van der Waals surface area contributed by atoms with E-state index in [4.69, 9.17) is 4.74 Å². The Morgan fingerprint density at radius 2 is 1.93 bits per heavy atom. The first-order chi connectivity index (χ1) is 13.6. The molecule has 142 valence electrons. The molecule has 4 rings (SSSR count). The van der Waals surface area contributed by atoms with Crippen LogP contribution in [0.5, 0.6) is 0 Å². The summed E-state index contributed by atoms with van der Waals surface area (Å²) >= 11 is 1.69. The lowest BCUT2D eigenvalue weighted by molar-refractivity contribution is -0.121. The Bertz CT molecular complexity index is 1020. The highest BCUT2D eigenvalue weighted by Gasteiger charge is 2.24. The Balaban J connectivity index is 1.45. The van der Waals surface area contributed by atoms with E-state index in [2.05, 4.69) is 4.98 Å². The maximum Gasteiger partial charge on any atom is 0.357 e. The van der Waals surface area contributed by atoms with E-state index >= 15 is 0 Å². The van der Waals surface area contributed by atoms with Crippen molar-refractivity contribution in [2.24, 2.45) is 0 Å². The molecule has 0 saturated heterocycles. The molecule has 1 amide bonds. The largest absolute Gasteiger partial charge is 0.451 e. The smallest absolute Gasteiger partial charge is 0.357 e. The van der Waals surface area contributed by atoms with Gasteiger partial charge in [-0.2, -0.15) is 0 Å². The molecule has 3 aromatic rings. The third-order valence-electron chi connectivity index (χ3n) is 4.31. The first kappa shape index (κ1) is 18.2. The zero-order valence-electron chi connectivity index (χ0n) is 14.7. The van der Waals surface area contributed by atoms with Crippen molar-refractivity contribution in [3.63, 3.8) is 0 Å².